The topological polar surface area (TPSA) is 67.2 Å². The number of amides is 2. The van der Waals surface area contributed by atoms with Crippen LogP contribution in [0.3, 0.4) is 0 Å². The van der Waals surface area contributed by atoms with E-state index in [2.05, 4.69) is 17.6 Å². The van der Waals surface area contributed by atoms with Crippen LogP contribution < -0.4 is 16.4 Å². The molecule has 0 aliphatic rings. The molecule has 4 nitrogen and oxygen atoms in total. The number of thiocarbonyl (C=S) groups is 1. The first-order chi connectivity index (χ1) is 6.56. The summed E-state index contributed by atoms with van der Waals surface area (Å²) in [5.74, 6) is 0. The summed E-state index contributed by atoms with van der Waals surface area (Å²) in [5.41, 5.74) is 5.35. The minimum absolute atomic E-state index is 0.00544. The molecule has 0 rings (SSSR count). The molecule has 0 aromatic heterocycles. The first-order valence-electron chi connectivity index (χ1n) is 4.89. The van der Waals surface area contributed by atoms with E-state index in [0.717, 1.165) is 12.8 Å². The molecule has 0 heterocycles. The summed E-state index contributed by atoms with van der Waals surface area (Å²) < 4.78 is 0. The molecule has 2 amide bonds. The fourth-order valence-corrected chi connectivity index (χ4v) is 1.26. The Morgan fingerprint density at radius 1 is 1.57 bits per heavy atom. The van der Waals surface area contributed by atoms with Gasteiger partial charge in [-0.3, -0.25) is 0 Å². The molecule has 5 heteroatoms. The Hall–Kier alpha value is -0.840. The van der Waals surface area contributed by atoms with Crippen molar-refractivity contribution in [3.8, 4) is 0 Å². The largest absolute Gasteiger partial charge is 0.393 e. The molecule has 0 aromatic carbocycles. The van der Waals surface area contributed by atoms with E-state index in [1.165, 1.54) is 0 Å². The van der Waals surface area contributed by atoms with E-state index < -0.39 is 0 Å². The van der Waals surface area contributed by atoms with Crippen LogP contribution in [0.15, 0.2) is 0 Å². The predicted octanol–water partition coefficient (Wildman–Crippen LogP) is 1.15. The average Bonchev–Trinajstić information content (AvgIpc) is 2.02. The molecule has 0 aliphatic heterocycles. The Kier molecular flexibility index (Phi) is 7.10. The number of rotatable bonds is 6. The Balaban J connectivity index is 3.55. The molecule has 0 saturated heterocycles. The van der Waals surface area contributed by atoms with Crippen LogP contribution in [-0.4, -0.2) is 23.6 Å². The molecule has 82 valence electrons. The van der Waals surface area contributed by atoms with Crippen molar-refractivity contribution in [2.75, 3.05) is 6.54 Å². The van der Waals surface area contributed by atoms with Gasteiger partial charge in [-0.2, -0.15) is 0 Å². The third kappa shape index (κ3) is 7.79. The van der Waals surface area contributed by atoms with E-state index in [4.69, 9.17) is 18.0 Å². The standard InChI is InChI=1S/C9H19N3OS/c1-3-4-5-11-9(13)12-7(2)6-8(10)14/h7H,3-6H2,1-2H3,(H2,10,14)(H2,11,12,13). The van der Waals surface area contributed by atoms with Crippen molar-refractivity contribution in [3.63, 3.8) is 0 Å². The lowest BCUT2D eigenvalue weighted by Gasteiger charge is -2.13. The maximum Gasteiger partial charge on any atom is 0.315 e. The molecule has 0 aliphatic carbocycles. The molecular formula is C9H19N3OS. The van der Waals surface area contributed by atoms with E-state index in [1.54, 1.807) is 0 Å². The third-order valence-electron chi connectivity index (χ3n) is 1.70. The van der Waals surface area contributed by atoms with Gasteiger partial charge in [0.15, 0.2) is 0 Å². The molecule has 0 bridgehead atoms. The van der Waals surface area contributed by atoms with E-state index in [9.17, 15) is 4.79 Å². The first kappa shape index (κ1) is 13.2. The lowest BCUT2D eigenvalue weighted by Crippen LogP contribution is -2.42. The summed E-state index contributed by atoms with van der Waals surface area (Å²) in [5, 5.41) is 5.51. The maximum absolute atomic E-state index is 11.2. The van der Waals surface area contributed by atoms with Crippen LogP contribution in [0, 0.1) is 0 Å². The molecule has 1 atom stereocenters. The summed E-state index contributed by atoms with van der Waals surface area (Å²) in [6.45, 7) is 4.66. The van der Waals surface area contributed by atoms with Gasteiger partial charge >= 0.3 is 6.03 Å². The summed E-state index contributed by atoms with van der Waals surface area (Å²) in [4.78, 5) is 11.6. The Morgan fingerprint density at radius 3 is 2.71 bits per heavy atom. The van der Waals surface area contributed by atoms with Gasteiger partial charge in [-0.25, -0.2) is 4.79 Å². The SMILES string of the molecule is CCCCNC(=O)NC(C)CC(N)=S. The Bertz CT molecular complexity index is 196. The molecule has 0 fully saturated rings. The number of carbonyl (C=O) groups is 1. The maximum atomic E-state index is 11.2. The van der Waals surface area contributed by atoms with Crippen LogP contribution in [0.2, 0.25) is 0 Å². The fourth-order valence-electron chi connectivity index (χ4n) is 1.01. The van der Waals surface area contributed by atoms with E-state index >= 15 is 0 Å². The highest BCUT2D eigenvalue weighted by atomic mass is 32.1. The van der Waals surface area contributed by atoms with Gasteiger partial charge in [0.1, 0.15) is 0 Å². The van der Waals surface area contributed by atoms with E-state index in [-0.39, 0.29) is 12.1 Å². The minimum Gasteiger partial charge on any atom is -0.393 e. The molecule has 1 unspecified atom stereocenters. The van der Waals surface area contributed by atoms with Gasteiger partial charge < -0.3 is 16.4 Å². The van der Waals surface area contributed by atoms with Crippen molar-refractivity contribution in [2.24, 2.45) is 5.73 Å². The number of nitrogens with one attached hydrogen (secondary N) is 2. The van der Waals surface area contributed by atoms with E-state index in [0.29, 0.717) is 18.0 Å². The van der Waals surface area contributed by atoms with Crippen molar-refractivity contribution in [2.45, 2.75) is 39.2 Å². The van der Waals surface area contributed by atoms with Gasteiger partial charge in [0.2, 0.25) is 0 Å². The van der Waals surface area contributed by atoms with Gasteiger partial charge in [-0.05, 0) is 13.3 Å². The Morgan fingerprint density at radius 2 is 2.21 bits per heavy atom. The fraction of sp³-hybridized carbons (Fsp3) is 0.778. The second-order valence-electron chi connectivity index (χ2n) is 3.33. The average molecular weight is 217 g/mol. The van der Waals surface area contributed by atoms with Crippen LogP contribution in [-0.2, 0) is 0 Å². The van der Waals surface area contributed by atoms with Crippen LogP contribution >= 0.6 is 12.2 Å². The van der Waals surface area contributed by atoms with E-state index in [1.807, 2.05) is 6.92 Å². The summed E-state index contributed by atoms with van der Waals surface area (Å²) in [6.07, 6.45) is 2.61. The highest BCUT2D eigenvalue weighted by Crippen LogP contribution is 1.90. The number of unbranched alkanes of at least 4 members (excludes halogenated alkanes) is 1. The summed E-state index contributed by atoms with van der Waals surface area (Å²) in [6, 6.07) is -0.156. The lowest BCUT2D eigenvalue weighted by molar-refractivity contribution is 0.238. The first-order valence-corrected chi connectivity index (χ1v) is 5.29. The highest BCUT2D eigenvalue weighted by Gasteiger charge is 2.06. The van der Waals surface area contributed by atoms with Gasteiger partial charge in [0.05, 0.1) is 4.99 Å². The van der Waals surface area contributed by atoms with Gasteiger partial charge in [0, 0.05) is 19.0 Å². The monoisotopic (exact) mass is 217 g/mol. The molecule has 4 N–H and O–H groups in total. The van der Waals surface area contributed by atoms with Crippen molar-refractivity contribution in [3.05, 3.63) is 0 Å². The number of nitrogens with two attached hydrogens (primary N) is 1. The second kappa shape index (κ2) is 7.55. The molecule has 14 heavy (non-hydrogen) atoms. The summed E-state index contributed by atoms with van der Waals surface area (Å²) in [7, 11) is 0. The predicted molar refractivity (Wildman–Crippen MR) is 62.3 cm³/mol. The highest BCUT2D eigenvalue weighted by molar-refractivity contribution is 7.80. The number of hydrogen-bond donors (Lipinski definition) is 3. The van der Waals surface area contributed by atoms with Crippen molar-refractivity contribution in [1.82, 2.24) is 10.6 Å². The molecule has 0 radical (unpaired) electrons. The molecular weight excluding hydrogens is 198 g/mol. The zero-order chi connectivity index (χ0) is 11.0. The zero-order valence-electron chi connectivity index (χ0n) is 8.80. The van der Waals surface area contributed by atoms with Crippen molar-refractivity contribution in [1.29, 1.82) is 0 Å². The normalized spacial score (nSPS) is 11.9. The summed E-state index contributed by atoms with van der Waals surface area (Å²) >= 11 is 4.74. The smallest absolute Gasteiger partial charge is 0.315 e. The molecule has 0 saturated carbocycles. The third-order valence-corrected chi connectivity index (χ3v) is 1.87. The van der Waals surface area contributed by atoms with Crippen LogP contribution in [0.4, 0.5) is 4.79 Å². The van der Waals surface area contributed by atoms with Crippen LogP contribution in [0.25, 0.3) is 0 Å². The van der Waals surface area contributed by atoms with Gasteiger partial charge in [-0.1, -0.05) is 25.6 Å². The Labute approximate surface area is 90.6 Å². The minimum atomic E-state index is -0.151. The number of hydrogen-bond acceptors (Lipinski definition) is 2. The van der Waals surface area contributed by atoms with Crippen LogP contribution in [0.5, 0.6) is 0 Å². The number of urea groups is 1. The van der Waals surface area contributed by atoms with Crippen LogP contribution in [0.1, 0.15) is 33.1 Å². The second-order valence-corrected chi connectivity index (χ2v) is 3.85. The molecule has 0 aromatic rings. The molecule has 0 spiro atoms. The van der Waals surface area contributed by atoms with Crippen molar-refractivity contribution >= 4 is 23.2 Å². The quantitative estimate of drug-likeness (QED) is 0.462. The zero-order valence-corrected chi connectivity index (χ0v) is 9.62. The van der Waals surface area contributed by atoms with Gasteiger partial charge in [-0.15, -0.1) is 0 Å². The lowest BCUT2D eigenvalue weighted by atomic mass is 10.2. The van der Waals surface area contributed by atoms with Gasteiger partial charge in [0.25, 0.3) is 0 Å². The number of carbonyl (C=O) groups excluding carboxylic acids is 1. The van der Waals surface area contributed by atoms with Crippen molar-refractivity contribution < 1.29 is 4.79 Å².